The average Bonchev–Trinajstić information content (AvgIpc) is 3.07. The summed E-state index contributed by atoms with van der Waals surface area (Å²) in [5.41, 5.74) is 6.17. The van der Waals surface area contributed by atoms with E-state index in [-0.39, 0.29) is 17.0 Å². The van der Waals surface area contributed by atoms with Crippen molar-refractivity contribution >= 4 is 39.8 Å². The maximum Gasteiger partial charge on any atom is 0.476 e. The SMILES string of the molecule is [B]P(=O)(OC[C@H]1O[C@@H](n2cnc3c(N)ncnc32)[C@H](O)[C@@H]1O)OP(=O)(O)O. The van der Waals surface area contributed by atoms with E-state index in [0.29, 0.717) is 0 Å². The molecule has 146 valence electrons. The molecule has 2 aromatic rings. The van der Waals surface area contributed by atoms with E-state index >= 15 is 0 Å². The number of rotatable bonds is 6. The first kappa shape index (κ1) is 20.3. The van der Waals surface area contributed by atoms with Gasteiger partial charge in [0.2, 0.25) is 7.57 Å². The van der Waals surface area contributed by atoms with E-state index in [0.717, 1.165) is 0 Å². The number of nitrogens with zero attached hydrogens (tertiary/aromatic N) is 4. The molecule has 17 heteroatoms. The van der Waals surface area contributed by atoms with Gasteiger partial charge in [-0.25, -0.2) is 23.8 Å². The van der Waals surface area contributed by atoms with Gasteiger partial charge in [-0.1, -0.05) is 0 Å². The smallest absolute Gasteiger partial charge is 0.387 e. The Bertz CT molecular complexity index is 937. The van der Waals surface area contributed by atoms with Crippen LogP contribution in [0.25, 0.3) is 11.2 Å². The number of imidazole rings is 1. The minimum Gasteiger partial charge on any atom is -0.387 e. The summed E-state index contributed by atoms with van der Waals surface area (Å²) in [6.45, 7) is -0.688. The number of fused-ring (bicyclic) bond motifs is 1. The number of phosphoric acid groups is 1. The van der Waals surface area contributed by atoms with Crippen LogP contribution in [0.3, 0.4) is 0 Å². The third-order valence-corrected chi connectivity index (χ3v) is 5.91. The Morgan fingerprint density at radius 3 is 2.63 bits per heavy atom. The Hall–Kier alpha value is -1.41. The van der Waals surface area contributed by atoms with Crippen LogP contribution in [-0.4, -0.2) is 72.0 Å². The molecule has 1 aliphatic rings. The predicted molar refractivity (Wildman–Crippen MR) is 88.1 cm³/mol. The largest absolute Gasteiger partial charge is 0.476 e. The molecule has 3 heterocycles. The first-order chi connectivity index (χ1) is 12.5. The van der Waals surface area contributed by atoms with Gasteiger partial charge in [0.1, 0.15) is 30.2 Å². The Morgan fingerprint density at radius 2 is 1.96 bits per heavy atom. The van der Waals surface area contributed by atoms with Crippen LogP contribution in [0.5, 0.6) is 0 Å². The minimum absolute atomic E-state index is 0.102. The third-order valence-electron chi connectivity index (χ3n) is 3.64. The minimum atomic E-state index is -5.16. The van der Waals surface area contributed by atoms with Crippen molar-refractivity contribution in [1.82, 2.24) is 19.5 Å². The van der Waals surface area contributed by atoms with Crippen molar-refractivity contribution in [2.75, 3.05) is 12.3 Å². The third kappa shape index (κ3) is 4.37. The predicted octanol–water partition coefficient (Wildman–Crippen LogP) is -1.57. The van der Waals surface area contributed by atoms with Gasteiger partial charge in [-0.3, -0.25) is 9.13 Å². The van der Waals surface area contributed by atoms with Crippen molar-refractivity contribution in [2.24, 2.45) is 0 Å². The lowest BCUT2D eigenvalue weighted by Crippen LogP contribution is -2.33. The molecular weight excluding hydrogens is 407 g/mol. The highest BCUT2D eigenvalue weighted by Crippen LogP contribution is 2.57. The zero-order chi connectivity index (χ0) is 20.0. The van der Waals surface area contributed by atoms with Gasteiger partial charge in [0.05, 0.1) is 12.9 Å². The summed E-state index contributed by atoms with van der Waals surface area (Å²) in [5, 5.41) is 20.3. The van der Waals surface area contributed by atoms with Gasteiger partial charge in [-0.15, -0.1) is 0 Å². The summed E-state index contributed by atoms with van der Waals surface area (Å²) in [6.07, 6.45) is -2.94. The summed E-state index contributed by atoms with van der Waals surface area (Å²) in [7, 11) is -4.74. The molecule has 0 spiro atoms. The van der Waals surface area contributed by atoms with Crippen molar-refractivity contribution < 1.29 is 42.7 Å². The number of nitrogen functional groups attached to an aromatic ring is 1. The Morgan fingerprint density at radius 1 is 1.26 bits per heavy atom. The van der Waals surface area contributed by atoms with E-state index in [4.69, 9.17) is 27.8 Å². The zero-order valence-corrected chi connectivity index (χ0v) is 15.1. The number of nitrogens with two attached hydrogens (primary N) is 1. The standard InChI is InChI=1S/C10H14BN5O9P2/c11-26(19,25-27(20,21)22)23-1-4-6(17)7(18)10(24-4)16-3-15-5-8(12)13-2-14-9(5)16/h2-4,6-7,10,17-18H,1H2,(H2,12,13,14)(H2,20,21,22)/t4-,6-,7-,10-,26?/m1/s1. The molecule has 3 rings (SSSR count). The van der Waals surface area contributed by atoms with Gasteiger partial charge in [0, 0.05) is 0 Å². The number of hydrogen-bond donors (Lipinski definition) is 5. The highest BCUT2D eigenvalue weighted by Gasteiger charge is 2.45. The number of aliphatic hydroxyl groups is 2. The van der Waals surface area contributed by atoms with E-state index < -0.39 is 46.4 Å². The van der Waals surface area contributed by atoms with Gasteiger partial charge in [-0.05, 0) is 0 Å². The van der Waals surface area contributed by atoms with Crippen molar-refractivity contribution in [2.45, 2.75) is 24.5 Å². The van der Waals surface area contributed by atoms with Crippen LogP contribution in [0, 0.1) is 0 Å². The molecular formula is C10H14BN5O9P2. The topological polar surface area (TPSA) is 212 Å². The molecule has 2 aromatic heterocycles. The highest BCUT2D eigenvalue weighted by molar-refractivity contribution is 7.83. The van der Waals surface area contributed by atoms with Crippen molar-refractivity contribution in [3.63, 3.8) is 0 Å². The maximum atomic E-state index is 11.7. The van der Waals surface area contributed by atoms with Crippen LogP contribution < -0.4 is 5.73 Å². The lowest BCUT2D eigenvalue weighted by molar-refractivity contribution is -0.0479. The van der Waals surface area contributed by atoms with Crippen LogP contribution in [0.1, 0.15) is 6.23 Å². The van der Waals surface area contributed by atoms with Gasteiger partial charge in [0.15, 0.2) is 17.7 Å². The summed E-state index contributed by atoms with van der Waals surface area (Å²) < 4.78 is 37.7. The number of aliphatic hydroxyl groups excluding tert-OH is 2. The van der Waals surface area contributed by atoms with Crippen LogP contribution in [-0.2, 0) is 22.7 Å². The molecule has 1 saturated heterocycles. The molecule has 6 N–H and O–H groups in total. The molecule has 27 heavy (non-hydrogen) atoms. The second-order valence-corrected chi connectivity index (χ2v) is 8.51. The summed E-state index contributed by atoms with van der Waals surface area (Å²) >= 11 is 0. The van der Waals surface area contributed by atoms with E-state index in [2.05, 4.69) is 23.8 Å². The highest BCUT2D eigenvalue weighted by atomic mass is 31.3. The fourth-order valence-electron chi connectivity index (χ4n) is 2.50. The summed E-state index contributed by atoms with van der Waals surface area (Å²) in [5.74, 6) is 0.102. The van der Waals surface area contributed by atoms with Crippen LogP contribution in [0.15, 0.2) is 12.7 Å². The molecule has 1 aliphatic heterocycles. The molecule has 0 aromatic carbocycles. The summed E-state index contributed by atoms with van der Waals surface area (Å²) in [4.78, 5) is 29.0. The molecule has 0 amide bonds. The molecule has 0 bridgehead atoms. The van der Waals surface area contributed by atoms with Crippen LogP contribution >= 0.6 is 15.3 Å². The first-order valence-electron chi connectivity index (χ1n) is 7.23. The fraction of sp³-hybridized carbons (Fsp3) is 0.500. The second-order valence-electron chi connectivity index (χ2n) is 5.54. The van der Waals surface area contributed by atoms with E-state index in [1.807, 2.05) is 0 Å². The number of hydrogen-bond acceptors (Lipinski definition) is 11. The van der Waals surface area contributed by atoms with Crippen molar-refractivity contribution in [1.29, 1.82) is 0 Å². The molecule has 0 saturated carbocycles. The van der Waals surface area contributed by atoms with E-state index in [1.54, 1.807) is 0 Å². The van der Waals surface area contributed by atoms with Crippen LogP contribution in [0.2, 0.25) is 0 Å². The van der Waals surface area contributed by atoms with E-state index in [1.165, 1.54) is 17.2 Å². The number of aromatic nitrogens is 4. The lowest BCUT2D eigenvalue weighted by Gasteiger charge is -2.19. The monoisotopic (exact) mass is 421 g/mol. The second kappa shape index (κ2) is 7.20. The Labute approximate surface area is 152 Å². The van der Waals surface area contributed by atoms with Gasteiger partial charge >= 0.3 is 7.82 Å². The van der Waals surface area contributed by atoms with E-state index in [9.17, 15) is 19.3 Å². The zero-order valence-electron chi connectivity index (χ0n) is 13.3. The molecule has 1 fully saturated rings. The van der Waals surface area contributed by atoms with Crippen molar-refractivity contribution in [3.8, 4) is 0 Å². The molecule has 0 aliphatic carbocycles. The maximum absolute atomic E-state index is 11.7. The van der Waals surface area contributed by atoms with Gasteiger partial charge in [-0.2, -0.15) is 0 Å². The number of anilines is 1. The van der Waals surface area contributed by atoms with Gasteiger partial charge in [0.25, 0.3) is 7.47 Å². The first-order valence-corrected chi connectivity index (χ1v) is 10.4. The number of ether oxygens (including phenoxy) is 1. The Kier molecular flexibility index (Phi) is 5.43. The van der Waals surface area contributed by atoms with Gasteiger partial charge < -0.3 is 35.0 Å². The Balaban J connectivity index is 1.75. The molecule has 14 nitrogen and oxygen atoms in total. The lowest BCUT2D eigenvalue weighted by atomic mass is 10.1. The summed E-state index contributed by atoms with van der Waals surface area (Å²) in [6, 6.07) is 0. The quantitative estimate of drug-likeness (QED) is 0.264. The average molecular weight is 421 g/mol. The molecule has 2 radical (unpaired) electrons. The normalized spacial score (nSPS) is 28.4. The molecule has 5 atom stereocenters. The van der Waals surface area contributed by atoms with Crippen LogP contribution in [0.4, 0.5) is 5.82 Å². The van der Waals surface area contributed by atoms with Crippen molar-refractivity contribution in [3.05, 3.63) is 12.7 Å². The molecule has 1 unspecified atom stereocenters. The fourth-order valence-corrected chi connectivity index (χ4v) is 4.23.